The number of hydrogen-bond donors (Lipinski definition) is 0. The van der Waals surface area contributed by atoms with Crippen molar-refractivity contribution in [3.8, 4) is 5.75 Å². The van der Waals surface area contributed by atoms with Crippen LogP contribution in [0.15, 0.2) is 36.4 Å². The Morgan fingerprint density at radius 3 is 2.13 bits per heavy atom. The van der Waals surface area contributed by atoms with E-state index in [9.17, 15) is 4.79 Å². The number of carbonyl (C=O) groups excluding carboxylic acids is 1. The molecule has 0 aromatic heterocycles. The molecule has 0 aliphatic rings. The zero-order valence-corrected chi connectivity index (χ0v) is 14.6. The summed E-state index contributed by atoms with van der Waals surface area (Å²) < 4.78 is 5.35. The number of para-hydroxylation sites is 1. The van der Waals surface area contributed by atoms with Crippen LogP contribution in [0.4, 0.5) is 0 Å². The average molecular weight is 309 g/mol. The molecule has 2 nitrogen and oxygen atoms in total. The van der Waals surface area contributed by atoms with E-state index >= 15 is 0 Å². The third-order valence-electron chi connectivity index (χ3n) is 4.02. The summed E-state index contributed by atoms with van der Waals surface area (Å²) in [5.41, 5.74) is 3.88. The molecule has 0 aliphatic carbocycles. The van der Waals surface area contributed by atoms with Crippen LogP contribution in [0.3, 0.4) is 0 Å². The van der Waals surface area contributed by atoms with Crippen molar-refractivity contribution in [1.82, 2.24) is 0 Å². The highest BCUT2D eigenvalue weighted by molar-refractivity contribution is 5.98. The summed E-state index contributed by atoms with van der Waals surface area (Å²) in [6, 6.07) is 15.1. The molecule has 0 aliphatic heterocycles. The Hall–Kier alpha value is -2.09. The Labute approximate surface area is 139 Å². The smallest absolute Gasteiger partial charge is 0.167 e. The summed E-state index contributed by atoms with van der Waals surface area (Å²) in [6.45, 7) is 8.52. The van der Waals surface area contributed by atoms with Crippen LogP contribution in [0.5, 0.6) is 5.75 Å². The molecule has 2 heteroatoms. The van der Waals surface area contributed by atoms with E-state index < -0.39 is 0 Å². The van der Waals surface area contributed by atoms with Gasteiger partial charge in [0.05, 0.1) is 7.11 Å². The van der Waals surface area contributed by atoms with Gasteiger partial charge in [-0.25, -0.2) is 0 Å². The van der Waals surface area contributed by atoms with Gasteiger partial charge in [0.2, 0.25) is 0 Å². The van der Waals surface area contributed by atoms with Gasteiger partial charge in [-0.15, -0.1) is 0 Å². The van der Waals surface area contributed by atoms with Crippen LogP contribution in [0.1, 0.15) is 66.6 Å². The number of methoxy groups -OCH3 is 1. The van der Waals surface area contributed by atoms with Crippen LogP contribution in [0.2, 0.25) is 0 Å². The lowest BCUT2D eigenvalue weighted by Crippen LogP contribution is -2.07. The quantitative estimate of drug-likeness (QED) is 0.688. The molecule has 0 unspecified atom stereocenters. The maximum absolute atomic E-state index is 12.8. The monoisotopic (exact) mass is 309 g/mol. The minimum absolute atomic E-state index is 0.118. The van der Waals surface area contributed by atoms with Gasteiger partial charge in [-0.1, -0.05) is 45.9 Å². The predicted molar refractivity (Wildman–Crippen MR) is 94.5 cm³/mol. The summed E-state index contributed by atoms with van der Waals surface area (Å²) in [4.78, 5) is 12.8. The highest BCUT2D eigenvalue weighted by Crippen LogP contribution is 2.25. The molecule has 2 aromatic carbocycles. The first-order valence-electron chi connectivity index (χ1n) is 8.14. The molecule has 2 aromatic rings. The summed E-state index contributed by atoms with van der Waals surface area (Å²) in [6.07, 6.45) is 0.350. The van der Waals surface area contributed by atoms with Gasteiger partial charge >= 0.3 is 0 Å². The largest absolute Gasteiger partial charge is 0.496 e. The van der Waals surface area contributed by atoms with Crippen molar-refractivity contribution in [3.63, 3.8) is 0 Å². The topological polar surface area (TPSA) is 26.3 Å². The van der Waals surface area contributed by atoms with Crippen molar-refractivity contribution < 1.29 is 9.53 Å². The van der Waals surface area contributed by atoms with Gasteiger partial charge < -0.3 is 4.74 Å². The summed E-state index contributed by atoms with van der Waals surface area (Å²) >= 11 is 0. The van der Waals surface area contributed by atoms with Crippen LogP contribution in [0, 0.1) is 6.07 Å². The van der Waals surface area contributed by atoms with Crippen LogP contribution >= 0.6 is 0 Å². The van der Waals surface area contributed by atoms with E-state index in [2.05, 4.69) is 33.8 Å². The molecule has 0 fully saturated rings. The van der Waals surface area contributed by atoms with Gasteiger partial charge in [0.25, 0.3) is 0 Å². The van der Waals surface area contributed by atoms with E-state index in [0.29, 0.717) is 18.3 Å². The lowest BCUT2D eigenvalue weighted by Gasteiger charge is -2.14. The maximum atomic E-state index is 12.8. The number of hydrogen-bond acceptors (Lipinski definition) is 2. The number of rotatable bonds is 6. The standard InChI is InChI=1S/C21H25O2/c1-14(2)17-10-18(15(3)4)12-19(11-17)20(22)13-16-8-6-7-9-21(16)23-5/h6-9,11-12,14-15H,13H2,1-5H3. The average Bonchev–Trinajstić information content (AvgIpc) is 2.54. The van der Waals surface area contributed by atoms with Gasteiger partial charge in [-0.3, -0.25) is 4.79 Å². The molecule has 0 heterocycles. The first-order chi connectivity index (χ1) is 10.9. The SMILES string of the molecule is COc1ccccc1CC(=O)c1cc(C(C)C)[c]c(C(C)C)c1. The third-order valence-corrected chi connectivity index (χ3v) is 4.02. The fourth-order valence-electron chi connectivity index (χ4n) is 2.52. The van der Waals surface area contributed by atoms with Crippen LogP contribution in [-0.2, 0) is 6.42 Å². The lowest BCUT2D eigenvalue weighted by molar-refractivity contribution is 0.0992. The zero-order chi connectivity index (χ0) is 17.0. The first kappa shape index (κ1) is 17.3. The highest BCUT2D eigenvalue weighted by Gasteiger charge is 2.14. The number of ether oxygens (including phenoxy) is 1. The minimum atomic E-state index is 0.118. The number of carbonyl (C=O) groups is 1. The van der Waals surface area contributed by atoms with Crippen molar-refractivity contribution in [3.05, 3.63) is 64.7 Å². The zero-order valence-electron chi connectivity index (χ0n) is 14.6. The Bertz CT molecular complexity index is 658. The molecule has 1 radical (unpaired) electrons. The van der Waals surface area contributed by atoms with Gasteiger partial charge in [0.15, 0.2) is 5.78 Å². The summed E-state index contributed by atoms with van der Waals surface area (Å²) in [5.74, 6) is 1.59. The predicted octanol–water partition coefficient (Wildman–Crippen LogP) is 5.17. The van der Waals surface area contributed by atoms with Gasteiger partial charge in [0, 0.05) is 17.5 Å². The van der Waals surface area contributed by atoms with E-state index in [1.165, 1.54) is 0 Å². The molecule has 0 amide bonds. The van der Waals surface area contributed by atoms with Gasteiger partial charge in [-0.05, 0) is 47.2 Å². The molecule has 0 spiro atoms. The molecule has 0 atom stereocenters. The molecule has 0 bridgehead atoms. The normalized spacial score (nSPS) is 11.1. The fourth-order valence-corrected chi connectivity index (χ4v) is 2.52. The van der Waals surface area contributed by atoms with Crippen molar-refractivity contribution in [2.75, 3.05) is 7.11 Å². The Morgan fingerprint density at radius 1 is 1.04 bits per heavy atom. The van der Waals surface area contributed by atoms with Crippen LogP contribution in [-0.4, -0.2) is 12.9 Å². The van der Waals surface area contributed by atoms with Crippen molar-refractivity contribution >= 4 is 5.78 Å². The fraction of sp³-hybridized carbons (Fsp3) is 0.381. The maximum Gasteiger partial charge on any atom is 0.167 e. The Balaban J connectivity index is 2.35. The molecular weight excluding hydrogens is 284 g/mol. The lowest BCUT2D eigenvalue weighted by atomic mass is 9.91. The van der Waals surface area contributed by atoms with Crippen molar-refractivity contribution in [2.24, 2.45) is 0 Å². The highest BCUT2D eigenvalue weighted by atomic mass is 16.5. The molecule has 0 saturated carbocycles. The van der Waals surface area contributed by atoms with Crippen LogP contribution in [0.25, 0.3) is 0 Å². The van der Waals surface area contributed by atoms with E-state index in [0.717, 1.165) is 28.0 Å². The molecule has 0 saturated heterocycles. The van der Waals surface area contributed by atoms with Gasteiger partial charge in [-0.2, -0.15) is 0 Å². The summed E-state index contributed by atoms with van der Waals surface area (Å²) in [5, 5.41) is 0. The minimum Gasteiger partial charge on any atom is -0.496 e. The molecule has 2 rings (SSSR count). The van der Waals surface area contributed by atoms with Crippen molar-refractivity contribution in [1.29, 1.82) is 0 Å². The van der Waals surface area contributed by atoms with E-state index in [1.54, 1.807) is 7.11 Å². The molecular formula is C21H25O2. The Morgan fingerprint density at radius 2 is 1.61 bits per heavy atom. The number of Topliss-reactive ketones (excluding diaryl/α,β-unsaturated/α-hetero) is 1. The Kier molecular flexibility index (Phi) is 5.59. The number of ketones is 1. The molecule has 23 heavy (non-hydrogen) atoms. The summed E-state index contributed by atoms with van der Waals surface area (Å²) in [7, 11) is 1.63. The van der Waals surface area contributed by atoms with E-state index in [-0.39, 0.29) is 5.78 Å². The second-order valence-electron chi connectivity index (χ2n) is 6.50. The number of benzene rings is 2. The van der Waals surface area contributed by atoms with Gasteiger partial charge in [0.1, 0.15) is 5.75 Å². The van der Waals surface area contributed by atoms with E-state index in [1.807, 2.05) is 36.4 Å². The second kappa shape index (κ2) is 7.45. The first-order valence-corrected chi connectivity index (χ1v) is 8.14. The molecule has 0 N–H and O–H groups in total. The van der Waals surface area contributed by atoms with Crippen molar-refractivity contribution in [2.45, 2.75) is 46.0 Å². The van der Waals surface area contributed by atoms with Crippen LogP contribution < -0.4 is 4.74 Å². The third kappa shape index (κ3) is 4.22. The molecule has 121 valence electrons. The van der Waals surface area contributed by atoms with E-state index in [4.69, 9.17) is 4.74 Å². The second-order valence-corrected chi connectivity index (χ2v) is 6.50.